The molecule has 2 aliphatic heterocycles. The highest BCUT2D eigenvalue weighted by Crippen LogP contribution is 2.56. The van der Waals surface area contributed by atoms with Crippen molar-refractivity contribution >= 4 is 18.0 Å². The number of carbonyl (C=O) groups excluding carboxylic acids is 3. The number of ether oxygens (including phenoxy) is 2. The Morgan fingerprint density at radius 1 is 1.12 bits per heavy atom. The van der Waals surface area contributed by atoms with E-state index in [-0.39, 0.29) is 17.6 Å². The minimum atomic E-state index is -0.580. The molecule has 3 atom stereocenters. The van der Waals surface area contributed by atoms with Crippen molar-refractivity contribution in [1.82, 2.24) is 4.90 Å². The summed E-state index contributed by atoms with van der Waals surface area (Å²) < 4.78 is 10.9. The Morgan fingerprint density at radius 2 is 1.84 bits per heavy atom. The molecule has 6 heteroatoms. The van der Waals surface area contributed by atoms with Crippen molar-refractivity contribution in [2.24, 2.45) is 5.92 Å². The molecular weight excluding hydrogens is 322 g/mol. The molecule has 4 rings (SSSR count). The Morgan fingerprint density at radius 3 is 2.52 bits per heavy atom. The molecule has 0 N–H and O–H groups in total. The summed E-state index contributed by atoms with van der Waals surface area (Å²) in [6.07, 6.45) is 3.03. The zero-order valence-electron chi connectivity index (χ0n) is 14.4. The maximum Gasteiger partial charge on any atom is 0.224 e. The molecule has 0 bridgehead atoms. The van der Waals surface area contributed by atoms with Gasteiger partial charge in [0.05, 0.1) is 25.8 Å². The summed E-state index contributed by atoms with van der Waals surface area (Å²) in [6.45, 7) is 0. The van der Waals surface area contributed by atoms with Gasteiger partial charge in [0.1, 0.15) is 12.1 Å². The molecule has 0 aromatic heterocycles. The molecule has 1 amide bonds. The lowest BCUT2D eigenvalue weighted by Crippen LogP contribution is -2.58. The highest BCUT2D eigenvalue weighted by Gasteiger charge is 2.60. The van der Waals surface area contributed by atoms with Gasteiger partial charge in [-0.3, -0.25) is 9.59 Å². The molecule has 0 radical (unpaired) electrons. The highest BCUT2D eigenvalue weighted by molar-refractivity contribution is 5.89. The summed E-state index contributed by atoms with van der Waals surface area (Å²) in [4.78, 5) is 38.3. The molecule has 2 fully saturated rings. The summed E-state index contributed by atoms with van der Waals surface area (Å²) in [5, 5.41) is 0. The first-order valence-electron chi connectivity index (χ1n) is 8.59. The number of hydrogen-bond donors (Lipinski definition) is 0. The Bertz CT molecular complexity index is 773. The first-order chi connectivity index (χ1) is 12.0. The summed E-state index contributed by atoms with van der Waals surface area (Å²) in [5.74, 6) is 1.30. The van der Waals surface area contributed by atoms with E-state index < -0.39 is 11.6 Å². The Labute approximate surface area is 146 Å². The van der Waals surface area contributed by atoms with Gasteiger partial charge in [0.2, 0.25) is 5.91 Å². The van der Waals surface area contributed by atoms with Crippen LogP contribution in [0.5, 0.6) is 11.5 Å². The molecular formula is C19H21NO5. The third-order valence-corrected chi connectivity index (χ3v) is 6.05. The number of Topliss-reactive ketones (excluding diaryl/α,β-unsaturated/α-hetero) is 1. The molecule has 3 aliphatic rings. The molecule has 1 spiro atoms. The van der Waals surface area contributed by atoms with Gasteiger partial charge in [-0.05, 0) is 29.7 Å². The summed E-state index contributed by atoms with van der Waals surface area (Å²) in [5.41, 5.74) is 1.43. The smallest absolute Gasteiger partial charge is 0.224 e. The number of ketones is 1. The molecule has 1 aromatic rings. The van der Waals surface area contributed by atoms with E-state index in [4.69, 9.17) is 9.47 Å². The normalized spacial score (nSPS) is 30.4. The van der Waals surface area contributed by atoms with E-state index in [9.17, 15) is 14.4 Å². The quantitative estimate of drug-likeness (QED) is 0.780. The number of benzene rings is 1. The van der Waals surface area contributed by atoms with E-state index in [2.05, 4.69) is 0 Å². The van der Waals surface area contributed by atoms with Crippen molar-refractivity contribution in [2.75, 3.05) is 14.2 Å². The minimum absolute atomic E-state index is 0.0303. The Hall–Kier alpha value is -2.37. The van der Waals surface area contributed by atoms with Crippen molar-refractivity contribution in [3.05, 3.63) is 23.3 Å². The lowest BCUT2D eigenvalue weighted by molar-refractivity contribution is -0.141. The van der Waals surface area contributed by atoms with Crippen LogP contribution in [0, 0.1) is 5.92 Å². The largest absolute Gasteiger partial charge is 0.493 e. The van der Waals surface area contributed by atoms with Crippen LogP contribution in [0.4, 0.5) is 0 Å². The molecule has 1 saturated carbocycles. The predicted molar refractivity (Wildman–Crippen MR) is 88.6 cm³/mol. The number of aldehydes is 1. The van der Waals surface area contributed by atoms with Crippen molar-refractivity contribution < 1.29 is 23.9 Å². The van der Waals surface area contributed by atoms with Crippen molar-refractivity contribution in [3.8, 4) is 11.5 Å². The number of fused-ring (bicyclic) bond motifs is 1. The second-order valence-corrected chi connectivity index (χ2v) is 7.10. The molecule has 132 valence electrons. The topological polar surface area (TPSA) is 72.9 Å². The van der Waals surface area contributed by atoms with Crippen LogP contribution in [0.25, 0.3) is 0 Å². The summed E-state index contributed by atoms with van der Waals surface area (Å²) in [7, 11) is 3.16. The van der Waals surface area contributed by atoms with Crippen molar-refractivity contribution in [3.63, 3.8) is 0 Å². The minimum Gasteiger partial charge on any atom is -0.493 e. The van der Waals surface area contributed by atoms with Crippen LogP contribution in [-0.2, 0) is 26.3 Å². The number of rotatable bonds is 3. The van der Waals surface area contributed by atoms with Crippen LogP contribution < -0.4 is 9.47 Å². The highest BCUT2D eigenvalue weighted by atomic mass is 16.5. The van der Waals surface area contributed by atoms with Crippen LogP contribution in [0.2, 0.25) is 0 Å². The van der Waals surface area contributed by atoms with E-state index in [1.54, 1.807) is 19.1 Å². The second kappa shape index (κ2) is 5.58. The SMILES string of the molecule is COc1cc2c(cc1OC)[C@]13CCC(=O)C[C@H]1CC(=O)N3[C@H](C=O)C2. The van der Waals surface area contributed by atoms with Crippen LogP contribution in [0.3, 0.4) is 0 Å². The first-order valence-corrected chi connectivity index (χ1v) is 8.59. The van der Waals surface area contributed by atoms with Gasteiger partial charge in [0, 0.05) is 31.6 Å². The van der Waals surface area contributed by atoms with E-state index >= 15 is 0 Å². The van der Waals surface area contributed by atoms with E-state index in [1.807, 2.05) is 12.1 Å². The number of amides is 1. The van der Waals surface area contributed by atoms with Crippen LogP contribution >= 0.6 is 0 Å². The van der Waals surface area contributed by atoms with Crippen LogP contribution in [0.1, 0.15) is 36.8 Å². The molecule has 1 aromatic carbocycles. The summed E-state index contributed by atoms with van der Waals surface area (Å²) >= 11 is 0. The van der Waals surface area contributed by atoms with Crippen LogP contribution in [0.15, 0.2) is 12.1 Å². The van der Waals surface area contributed by atoms with Gasteiger partial charge in [-0.15, -0.1) is 0 Å². The standard InChI is InChI=1S/C19H21NO5/c1-24-16-6-11-5-13(10-21)20-18(23)8-12-7-14(22)3-4-19(12,20)15(11)9-17(16)25-2/h6,9-10,12-13H,3-5,7-8H2,1-2H3/t12-,13-,19-/m0/s1. The summed E-state index contributed by atoms with van der Waals surface area (Å²) in [6, 6.07) is 3.35. The van der Waals surface area contributed by atoms with Gasteiger partial charge in [-0.25, -0.2) is 0 Å². The number of carbonyl (C=O) groups is 3. The molecule has 6 nitrogen and oxygen atoms in total. The Kier molecular flexibility index (Phi) is 3.60. The zero-order chi connectivity index (χ0) is 17.8. The van der Waals surface area contributed by atoms with Crippen LogP contribution in [-0.4, -0.2) is 43.1 Å². The fourth-order valence-corrected chi connectivity index (χ4v) is 5.05. The van der Waals surface area contributed by atoms with E-state index in [1.165, 1.54) is 0 Å². The first kappa shape index (κ1) is 16.1. The fourth-order valence-electron chi connectivity index (χ4n) is 5.05. The molecule has 1 saturated heterocycles. The van der Waals surface area contributed by atoms with Gasteiger partial charge in [-0.1, -0.05) is 0 Å². The maximum absolute atomic E-state index is 12.7. The molecule has 25 heavy (non-hydrogen) atoms. The van der Waals surface area contributed by atoms with Crippen molar-refractivity contribution in [2.45, 2.75) is 43.7 Å². The predicted octanol–water partition coefficient (Wildman–Crippen LogP) is 1.62. The zero-order valence-corrected chi connectivity index (χ0v) is 14.4. The molecule has 2 heterocycles. The third-order valence-electron chi connectivity index (χ3n) is 6.05. The Balaban J connectivity index is 1.96. The number of nitrogens with zero attached hydrogens (tertiary/aromatic N) is 1. The maximum atomic E-state index is 12.7. The second-order valence-electron chi connectivity index (χ2n) is 7.10. The van der Waals surface area contributed by atoms with Gasteiger partial charge in [0.15, 0.2) is 11.5 Å². The van der Waals surface area contributed by atoms with Gasteiger partial charge in [-0.2, -0.15) is 0 Å². The molecule has 1 aliphatic carbocycles. The average Bonchev–Trinajstić information content (AvgIpc) is 2.92. The number of hydrogen-bond acceptors (Lipinski definition) is 5. The van der Waals surface area contributed by atoms with E-state index in [0.717, 1.165) is 17.4 Å². The lowest BCUT2D eigenvalue weighted by atomic mass is 9.65. The monoisotopic (exact) mass is 343 g/mol. The fraction of sp³-hybridized carbons (Fsp3) is 0.526. The number of methoxy groups -OCH3 is 2. The lowest BCUT2D eigenvalue weighted by Gasteiger charge is -2.51. The van der Waals surface area contributed by atoms with E-state index in [0.29, 0.717) is 43.6 Å². The van der Waals surface area contributed by atoms with Gasteiger partial charge < -0.3 is 19.2 Å². The third kappa shape index (κ3) is 2.06. The average molecular weight is 343 g/mol. The van der Waals surface area contributed by atoms with Gasteiger partial charge >= 0.3 is 0 Å². The van der Waals surface area contributed by atoms with Crippen molar-refractivity contribution in [1.29, 1.82) is 0 Å². The molecule has 0 unspecified atom stereocenters. The van der Waals surface area contributed by atoms with Gasteiger partial charge in [0.25, 0.3) is 0 Å².